The van der Waals surface area contributed by atoms with Crippen molar-refractivity contribution < 1.29 is 0 Å². The van der Waals surface area contributed by atoms with Gasteiger partial charge in [-0.3, -0.25) is 0 Å². The van der Waals surface area contributed by atoms with Gasteiger partial charge >= 0.3 is 0 Å². The average molecular weight is 260 g/mol. The van der Waals surface area contributed by atoms with Crippen LogP contribution in [0.3, 0.4) is 0 Å². The minimum absolute atomic E-state index is 0.603. The van der Waals surface area contributed by atoms with Crippen molar-refractivity contribution in [1.29, 1.82) is 0 Å². The first-order valence-corrected chi connectivity index (χ1v) is 7.70. The molecule has 1 aliphatic rings. The summed E-state index contributed by atoms with van der Waals surface area (Å²) in [6.45, 7) is 11.4. The fraction of sp³-hybridized carbons (Fsp3) is 0.647. The molecule has 0 saturated carbocycles. The Balaban J connectivity index is 2.04. The van der Waals surface area contributed by atoms with E-state index in [1.165, 1.54) is 24.1 Å². The Hall–Kier alpha value is -1.02. The maximum absolute atomic E-state index is 3.71. The Morgan fingerprint density at radius 3 is 2.53 bits per heavy atom. The zero-order chi connectivity index (χ0) is 13.8. The third-order valence-electron chi connectivity index (χ3n) is 4.59. The smallest absolute Gasteiger partial charge is 0.0368 e. The second-order valence-electron chi connectivity index (χ2n) is 5.98. The maximum Gasteiger partial charge on any atom is 0.0368 e. The van der Waals surface area contributed by atoms with E-state index in [2.05, 4.69) is 62.2 Å². The molecule has 0 aliphatic carbocycles. The van der Waals surface area contributed by atoms with Crippen LogP contribution in [0, 0.1) is 12.8 Å². The molecule has 1 aromatic rings. The van der Waals surface area contributed by atoms with E-state index in [1.54, 1.807) is 0 Å². The minimum Gasteiger partial charge on any atom is -0.368 e. The molecule has 1 aliphatic heterocycles. The molecule has 1 N–H and O–H groups in total. The first-order valence-electron chi connectivity index (χ1n) is 7.70. The fourth-order valence-corrected chi connectivity index (χ4v) is 3.08. The van der Waals surface area contributed by atoms with Gasteiger partial charge in [0, 0.05) is 24.3 Å². The molecule has 2 rings (SSSR count). The summed E-state index contributed by atoms with van der Waals surface area (Å²) in [5.41, 5.74) is 2.71. The number of hydrogen-bond donors (Lipinski definition) is 1. The summed E-state index contributed by atoms with van der Waals surface area (Å²) in [7, 11) is 0. The van der Waals surface area contributed by atoms with E-state index >= 15 is 0 Å². The van der Waals surface area contributed by atoms with Crippen molar-refractivity contribution in [3.8, 4) is 0 Å². The molecular formula is C17H28N2. The number of piperidine rings is 1. The van der Waals surface area contributed by atoms with Crippen LogP contribution < -0.4 is 10.2 Å². The molecular weight excluding hydrogens is 232 g/mol. The van der Waals surface area contributed by atoms with Crippen molar-refractivity contribution >= 4 is 5.69 Å². The van der Waals surface area contributed by atoms with Gasteiger partial charge in [-0.1, -0.05) is 31.5 Å². The van der Waals surface area contributed by atoms with Crippen molar-refractivity contribution in [1.82, 2.24) is 5.32 Å². The lowest BCUT2D eigenvalue weighted by Gasteiger charge is -2.44. The molecule has 106 valence electrons. The van der Waals surface area contributed by atoms with Gasteiger partial charge in [0.05, 0.1) is 0 Å². The highest BCUT2D eigenvalue weighted by molar-refractivity contribution is 5.49. The Kier molecular flexibility index (Phi) is 4.87. The molecule has 1 fully saturated rings. The third-order valence-corrected chi connectivity index (χ3v) is 4.59. The lowest BCUT2D eigenvalue weighted by molar-refractivity contribution is 0.271. The van der Waals surface area contributed by atoms with Gasteiger partial charge < -0.3 is 10.2 Å². The average Bonchev–Trinajstić information content (AvgIpc) is 2.42. The Labute approximate surface area is 118 Å². The van der Waals surface area contributed by atoms with Crippen molar-refractivity contribution in [2.75, 3.05) is 18.0 Å². The van der Waals surface area contributed by atoms with E-state index < -0.39 is 0 Å². The SMILES string of the molecule is CCCNC1CCN(c2ccc(C)cc2)C(C)C1C. The summed E-state index contributed by atoms with van der Waals surface area (Å²) in [4.78, 5) is 2.56. The molecule has 3 unspecified atom stereocenters. The monoisotopic (exact) mass is 260 g/mol. The highest BCUT2D eigenvalue weighted by Gasteiger charge is 2.31. The van der Waals surface area contributed by atoms with Crippen LogP contribution in [0.4, 0.5) is 5.69 Å². The fourth-order valence-electron chi connectivity index (χ4n) is 3.08. The zero-order valence-electron chi connectivity index (χ0n) is 12.8. The van der Waals surface area contributed by atoms with E-state index in [9.17, 15) is 0 Å². The molecule has 2 heteroatoms. The van der Waals surface area contributed by atoms with E-state index in [-0.39, 0.29) is 0 Å². The van der Waals surface area contributed by atoms with Crippen LogP contribution in [0.15, 0.2) is 24.3 Å². The predicted molar refractivity (Wildman–Crippen MR) is 83.8 cm³/mol. The van der Waals surface area contributed by atoms with Crippen molar-refractivity contribution in [2.45, 2.75) is 52.6 Å². The van der Waals surface area contributed by atoms with Gasteiger partial charge in [-0.05, 0) is 51.3 Å². The number of nitrogens with one attached hydrogen (secondary N) is 1. The van der Waals surface area contributed by atoms with Crippen molar-refractivity contribution in [3.63, 3.8) is 0 Å². The molecule has 0 bridgehead atoms. The van der Waals surface area contributed by atoms with Gasteiger partial charge in [-0.25, -0.2) is 0 Å². The molecule has 1 heterocycles. The number of rotatable bonds is 4. The molecule has 3 atom stereocenters. The molecule has 1 saturated heterocycles. The molecule has 1 aromatic carbocycles. The summed E-state index contributed by atoms with van der Waals surface area (Å²) in [6.07, 6.45) is 2.47. The van der Waals surface area contributed by atoms with Crippen LogP contribution >= 0.6 is 0 Å². The van der Waals surface area contributed by atoms with Gasteiger partial charge in [0.15, 0.2) is 0 Å². The molecule has 0 radical (unpaired) electrons. The topological polar surface area (TPSA) is 15.3 Å². The quantitative estimate of drug-likeness (QED) is 0.890. The molecule has 19 heavy (non-hydrogen) atoms. The first-order chi connectivity index (χ1) is 9.13. The van der Waals surface area contributed by atoms with Crippen LogP contribution in [0.2, 0.25) is 0 Å². The maximum atomic E-state index is 3.71. The lowest BCUT2D eigenvalue weighted by atomic mass is 9.86. The summed E-state index contributed by atoms with van der Waals surface area (Å²) in [6, 6.07) is 10.2. The largest absolute Gasteiger partial charge is 0.368 e. The summed E-state index contributed by atoms with van der Waals surface area (Å²) in [5, 5.41) is 3.71. The predicted octanol–water partition coefficient (Wildman–Crippen LogP) is 3.60. The van der Waals surface area contributed by atoms with Crippen LogP contribution in [0.25, 0.3) is 0 Å². The lowest BCUT2D eigenvalue weighted by Crippen LogP contribution is -2.53. The summed E-state index contributed by atoms with van der Waals surface area (Å²) < 4.78 is 0. The number of anilines is 1. The Morgan fingerprint density at radius 2 is 1.89 bits per heavy atom. The number of nitrogens with zero attached hydrogens (tertiary/aromatic N) is 1. The Morgan fingerprint density at radius 1 is 1.21 bits per heavy atom. The van der Waals surface area contributed by atoms with Crippen LogP contribution in [-0.2, 0) is 0 Å². The van der Waals surface area contributed by atoms with Crippen molar-refractivity contribution in [3.05, 3.63) is 29.8 Å². The Bertz CT molecular complexity index is 385. The normalized spacial score (nSPS) is 27.6. The van der Waals surface area contributed by atoms with Crippen LogP contribution in [0.5, 0.6) is 0 Å². The van der Waals surface area contributed by atoms with Crippen LogP contribution in [0.1, 0.15) is 39.2 Å². The van der Waals surface area contributed by atoms with Gasteiger partial charge in [0.25, 0.3) is 0 Å². The third kappa shape index (κ3) is 3.30. The van der Waals surface area contributed by atoms with Crippen molar-refractivity contribution in [2.24, 2.45) is 5.92 Å². The van der Waals surface area contributed by atoms with Gasteiger partial charge in [-0.15, -0.1) is 0 Å². The van der Waals surface area contributed by atoms with E-state index in [0.29, 0.717) is 18.0 Å². The van der Waals surface area contributed by atoms with Gasteiger partial charge in [-0.2, -0.15) is 0 Å². The number of hydrogen-bond acceptors (Lipinski definition) is 2. The molecule has 2 nitrogen and oxygen atoms in total. The zero-order valence-corrected chi connectivity index (χ0v) is 12.8. The first kappa shape index (κ1) is 14.4. The molecule has 0 amide bonds. The number of benzene rings is 1. The van der Waals surface area contributed by atoms with E-state index in [0.717, 1.165) is 13.1 Å². The minimum atomic E-state index is 0.603. The van der Waals surface area contributed by atoms with Crippen LogP contribution in [-0.4, -0.2) is 25.2 Å². The highest BCUT2D eigenvalue weighted by atomic mass is 15.2. The molecule has 0 aromatic heterocycles. The number of aryl methyl sites for hydroxylation is 1. The highest BCUT2D eigenvalue weighted by Crippen LogP contribution is 2.28. The standard InChI is InChI=1S/C17H28N2/c1-5-11-18-17-10-12-19(15(4)14(17)3)16-8-6-13(2)7-9-16/h6-9,14-15,17-18H,5,10-12H2,1-4H3. The van der Waals surface area contributed by atoms with Gasteiger partial charge in [0.1, 0.15) is 0 Å². The molecule has 0 spiro atoms. The van der Waals surface area contributed by atoms with Gasteiger partial charge in [0.2, 0.25) is 0 Å². The summed E-state index contributed by atoms with van der Waals surface area (Å²) >= 11 is 0. The van der Waals surface area contributed by atoms with E-state index in [1.807, 2.05) is 0 Å². The second kappa shape index (κ2) is 6.42. The van der Waals surface area contributed by atoms with E-state index in [4.69, 9.17) is 0 Å². The summed E-state index contributed by atoms with van der Waals surface area (Å²) in [5.74, 6) is 0.696. The second-order valence-corrected chi connectivity index (χ2v) is 5.98.